The van der Waals surface area contributed by atoms with Gasteiger partial charge in [-0.15, -0.1) is 0 Å². The molecule has 0 aliphatic heterocycles. The first-order chi connectivity index (χ1) is 9.20. The average molecular weight is 257 g/mol. The summed E-state index contributed by atoms with van der Waals surface area (Å²) in [5.41, 5.74) is 1.87. The van der Waals surface area contributed by atoms with Gasteiger partial charge in [0.1, 0.15) is 5.75 Å². The molecule has 0 radical (unpaired) electrons. The van der Waals surface area contributed by atoms with Crippen molar-refractivity contribution in [3.63, 3.8) is 0 Å². The van der Waals surface area contributed by atoms with E-state index in [9.17, 15) is 10.1 Å². The van der Waals surface area contributed by atoms with Crippen molar-refractivity contribution in [2.45, 2.75) is 5.92 Å². The van der Waals surface area contributed by atoms with Gasteiger partial charge in [0.15, 0.2) is 0 Å². The Morgan fingerprint density at radius 3 is 2.16 bits per heavy atom. The summed E-state index contributed by atoms with van der Waals surface area (Å²) in [4.78, 5) is 10.6. The second-order valence-corrected chi connectivity index (χ2v) is 4.25. The van der Waals surface area contributed by atoms with E-state index in [0.717, 1.165) is 16.9 Å². The number of rotatable bonds is 5. The molecule has 0 unspecified atom stereocenters. The Balaban J connectivity index is 2.34. The molecule has 2 rings (SSSR count). The van der Waals surface area contributed by atoms with Gasteiger partial charge in [-0.3, -0.25) is 10.1 Å². The Hall–Kier alpha value is -2.36. The van der Waals surface area contributed by atoms with Crippen molar-refractivity contribution in [2.24, 2.45) is 0 Å². The van der Waals surface area contributed by atoms with Crippen LogP contribution in [0.4, 0.5) is 0 Å². The van der Waals surface area contributed by atoms with Gasteiger partial charge in [0.25, 0.3) is 0 Å². The normalized spacial score (nSPS) is 11.8. The number of methoxy groups -OCH3 is 1. The number of nitrogens with zero attached hydrogens (tertiary/aromatic N) is 1. The van der Waals surface area contributed by atoms with Crippen LogP contribution in [-0.2, 0) is 0 Å². The van der Waals surface area contributed by atoms with E-state index in [2.05, 4.69) is 0 Å². The van der Waals surface area contributed by atoms with Crippen LogP contribution in [0.3, 0.4) is 0 Å². The van der Waals surface area contributed by atoms with Crippen LogP contribution in [0.15, 0.2) is 54.6 Å². The molecule has 0 fully saturated rings. The van der Waals surface area contributed by atoms with Crippen LogP contribution >= 0.6 is 0 Å². The van der Waals surface area contributed by atoms with Crippen molar-refractivity contribution in [2.75, 3.05) is 13.7 Å². The van der Waals surface area contributed by atoms with Gasteiger partial charge in [-0.1, -0.05) is 42.5 Å². The van der Waals surface area contributed by atoms with E-state index in [1.807, 2.05) is 54.6 Å². The summed E-state index contributed by atoms with van der Waals surface area (Å²) in [6.07, 6.45) is 0. The maximum absolute atomic E-state index is 10.9. The fourth-order valence-corrected chi connectivity index (χ4v) is 2.07. The molecule has 1 atom stereocenters. The lowest BCUT2D eigenvalue weighted by atomic mass is 9.91. The number of hydrogen-bond acceptors (Lipinski definition) is 3. The summed E-state index contributed by atoms with van der Waals surface area (Å²) in [5, 5.41) is 10.9. The molecule has 0 bridgehead atoms. The van der Waals surface area contributed by atoms with E-state index in [1.165, 1.54) is 0 Å². The zero-order valence-electron chi connectivity index (χ0n) is 10.7. The van der Waals surface area contributed by atoms with Gasteiger partial charge in [0.05, 0.1) is 13.0 Å². The van der Waals surface area contributed by atoms with E-state index < -0.39 is 0 Å². The molecule has 2 aromatic rings. The predicted molar refractivity (Wildman–Crippen MR) is 73.1 cm³/mol. The molecule has 0 N–H and O–H groups in total. The number of hydrogen-bond donors (Lipinski definition) is 0. The minimum Gasteiger partial charge on any atom is -0.497 e. The van der Waals surface area contributed by atoms with Crippen LogP contribution in [0.25, 0.3) is 0 Å². The summed E-state index contributed by atoms with van der Waals surface area (Å²) < 4.78 is 5.10. The summed E-state index contributed by atoms with van der Waals surface area (Å²) in [6.45, 7) is -0.115. The molecule has 0 aliphatic rings. The highest BCUT2D eigenvalue weighted by Crippen LogP contribution is 2.26. The fourth-order valence-electron chi connectivity index (χ4n) is 2.07. The zero-order valence-corrected chi connectivity index (χ0v) is 10.7. The third-order valence-corrected chi connectivity index (χ3v) is 3.05. The van der Waals surface area contributed by atoms with E-state index >= 15 is 0 Å². The zero-order chi connectivity index (χ0) is 13.7. The van der Waals surface area contributed by atoms with E-state index in [0.29, 0.717) is 0 Å². The van der Waals surface area contributed by atoms with Gasteiger partial charge in [-0.2, -0.15) is 0 Å². The van der Waals surface area contributed by atoms with Crippen molar-refractivity contribution in [3.05, 3.63) is 75.8 Å². The minimum absolute atomic E-state index is 0.115. The van der Waals surface area contributed by atoms with Crippen LogP contribution < -0.4 is 4.74 Å². The van der Waals surface area contributed by atoms with Crippen LogP contribution in [0.5, 0.6) is 5.75 Å². The van der Waals surface area contributed by atoms with E-state index in [-0.39, 0.29) is 17.4 Å². The quantitative estimate of drug-likeness (QED) is 0.611. The third-order valence-electron chi connectivity index (χ3n) is 3.05. The van der Waals surface area contributed by atoms with Gasteiger partial charge in [0.2, 0.25) is 6.54 Å². The Kier molecular flexibility index (Phi) is 4.13. The molecule has 0 amide bonds. The molecule has 4 nitrogen and oxygen atoms in total. The second-order valence-electron chi connectivity index (χ2n) is 4.25. The summed E-state index contributed by atoms with van der Waals surface area (Å²) in [7, 11) is 1.60. The maximum Gasteiger partial charge on any atom is 0.214 e. The van der Waals surface area contributed by atoms with Gasteiger partial charge in [0, 0.05) is 4.92 Å². The van der Waals surface area contributed by atoms with Gasteiger partial charge in [-0.05, 0) is 23.3 Å². The first-order valence-electron chi connectivity index (χ1n) is 6.01. The van der Waals surface area contributed by atoms with Gasteiger partial charge in [-0.25, -0.2) is 0 Å². The Labute approximate surface area is 111 Å². The molecule has 0 heterocycles. The Bertz CT molecular complexity index is 537. The standard InChI is InChI=1S/C15H15NO3/c1-19-14-9-7-13(8-10-14)15(11-16(17)18)12-5-3-2-4-6-12/h2-10,15H,11H2,1H3/t15-/m1/s1. The van der Waals surface area contributed by atoms with Gasteiger partial charge >= 0.3 is 0 Å². The molecule has 19 heavy (non-hydrogen) atoms. The van der Waals surface area contributed by atoms with Crippen LogP contribution in [0.1, 0.15) is 17.0 Å². The van der Waals surface area contributed by atoms with Gasteiger partial charge < -0.3 is 4.74 Å². The maximum atomic E-state index is 10.9. The number of ether oxygens (including phenoxy) is 1. The topological polar surface area (TPSA) is 52.4 Å². The number of nitro groups is 1. The highest BCUT2D eigenvalue weighted by molar-refractivity contribution is 5.36. The van der Waals surface area contributed by atoms with Crippen LogP contribution in [-0.4, -0.2) is 18.6 Å². The lowest BCUT2D eigenvalue weighted by Crippen LogP contribution is -2.13. The summed E-state index contributed by atoms with van der Waals surface area (Å²) in [5.74, 6) is 0.513. The fraction of sp³-hybridized carbons (Fsp3) is 0.200. The van der Waals surface area contributed by atoms with E-state index in [1.54, 1.807) is 7.11 Å². The first kappa shape index (κ1) is 13.1. The molecule has 0 saturated carbocycles. The SMILES string of the molecule is COc1ccc([C@H](C[N+](=O)[O-])c2ccccc2)cc1. The lowest BCUT2D eigenvalue weighted by Gasteiger charge is -2.14. The van der Waals surface area contributed by atoms with Crippen molar-refractivity contribution in [1.82, 2.24) is 0 Å². The largest absolute Gasteiger partial charge is 0.497 e. The second kappa shape index (κ2) is 6.00. The van der Waals surface area contributed by atoms with Crippen molar-refractivity contribution < 1.29 is 9.66 Å². The molecule has 0 spiro atoms. The average Bonchev–Trinajstić information content (AvgIpc) is 2.46. The molecular formula is C15H15NO3. The molecule has 2 aromatic carbocycles. The van der Waals surface area contributed by atoms with Crippen LogP contribution in [0.2, 0.25) is 0 Å². The summed E-state index contributed by atoms with van der Waals surface area (Å²) >= 11 is 0. The smallest absolute Gasteiger partial charge is 0.214 e. The highest BCUT2D eigenvalue weighted by Gasteiger charge is 2.19. The molecule has 0 saturated heterocycles. The monoisotopic (exact) mass is 257 g/mol. The number of benzene rings is 2. The van der Waals surface area contributed by atoms with Crippen LogP contribution in [0, 0.1) is 10.1 Å². The third kappa shape index (κ3) is 3.31. The first-order valence-corrected chi connectivity index (χ1v) is 6.01. The molecular weight excluding hydrogens is 242 g/mol. The molecule has 98 valence electrons. The molecule has 0 aliphatic carbocycles. The van der Waals surface area contributed by atoms with Crippen molar-refractivity contribution >= 4 is 0 Å². The summed E-state index contributed by atoms with van der Waals surface area (Å²) in [6, 6.07) is 16.9. The Morgan fingerprint density at radius 1 is 1.05 bits per heavy atom. The molecule has 4 heteroatoms. The predicted octanol–water partition coefficient (Wildman–Crippen LogP) is 3.10. The molecule has 0 aromatic heterocycles. The van der Waals surface area contributed by atoms with Crippen molar-refractivity contribution in [3.8, 4) is 5.75 Å². The van der Waals surface area contributed by atoms with E-state index in [4.69, 9.17) is 4.74 Å². The van der Waals surface area contributed by atoms with Crippen molar-refractivity contribution in [1.29, 1.82) is 0 Å². The lowest BCUT2D eigenvalue weighted by molar-refractivity contribution is -0.481. The highest BCUT2D eigenvalue weighted by atomic mass is 16.6. The Morgan fingerprint density at radius 2 is 1.63 bits per heavy atom. The minimum atomic E-state index is -0.276.